The van der Waals surface area contributed by atoms with Crippen LogP contribution in [0.4, 0.5) is 0 Å². The molecule has 1 aliphatic rings. The second kappa shape index (κ2) is 2.91. The Bertz CT molecular complexity index is 484. The van der Waals surface area contributed by atoms with Crippen molar-refractivity contribution in [3.8, 4) is 11.1 Å². The van der Waals surface area contributed by atoms with Crippen molar-refractivity contribution in [1.82, 2.24) is 0 Å². The van der Waals surface area contributed by atoms with Crippen LogP contribution >= 0.6 is 9.24 Å². The maximum atomic E-state index is 6.36. The number of rotatable bonds is 0. The van der Waals surface area contributed by atoms with Crippen LogP contribution < -0.4 is 5.73 Å². The van der Waals surface area contributed by atoms with Crippen LogP contribution in [0.5, 0.6) is 0 Å². The van der Waals surface area contributed by atoms with Gasteiger partial charge in [-0.2, -0.15) is 0 Å². The highest BCUT2D eigenvalue weighted by Gasteiger charge is 2.35. The molecule has 0 bridgehead atoms. The lowest BCUT2D eigenvalue weighted by Gasteiger charge is -2.20. The monoisotopic (exact) mass is 213 g/mol. The van der Waals surface area contributed by atoms with Crippen LogP contribution in [0.25, 0.3) is 11.1 Å². The van der Waals surface area contributed by atoms with E-state index in [1.54, 1.807) is 0 Å². The topological polar surface area (TPSA) is 26.0 Å². The first-order valence-corrected chi connectivity index (χ1v) is 5.56. The largest absolute Gasteiger partial charge is 0.315 e. The molecule has 15 heavy (non-hydrogen) atoms. The zero-order valence-corrected chi connectivity index (χ0v) is 9.43. The van der Waals surface area contributed by atoms with Crippen molar-refractivity contribution in [2.24, 2.45) is 5.73 Å². The van der Waals surface area contributed by atoms with Gasteiger partial charge < -0.3 is 5.73 Å². The Morgan fingerprint density at radius 3 is 1.67 bits per heavy atom. The van der Waals surface area contributed by atoms with Gasteiger partial charge in [-0.1, -0.05) is 48.5 Å². The molecule has 2 heteroatoms. The summed E-state index contributed by atoms with van der Waals surface area (Å²) in [6.07, 6.45) is 0. The lowest BCUT2D eigenvalue weighted by Crippen LogP contribution is -2.27. The molecule has 0 saturated heterocycles. The fraction of sp³-hybridized carbons (Fsp3) is 0.0769. The molecule has 0 amide bonds. The van der Waals surface area contributed by atoms with Crippen LogP contribution in [0.1, 0.15) is 11.1 Å². The van der Waals surface area contributed by atoms with Gasteiger partial charge in [-0.25, -0.2) is 0 Å². The van der Waals surface area contributed by atoms with E-state index in [0.717, 1.165) is 0 Å². The molecule has 0 fully saturated rings. The fourth-order valence-electron chi connectivity index (χ4n) is 2.30. The summed E-state index contributed by atoms with van der Waals surface area (Å²) in [4.78, 5) is 0. The third-order valence-corrected chi connectivity index (χ3v) is 3.66. The predicted molar refractivity (Wildman–Crippen MR) is 66.6 cm³/mol. The number of hydrogen-bond donors (Lipinski definition) is 1. The normalized spacial score (nSPS) is 15.9. The van der Waals surface area contributed by atoms with Crippen LogP contribution in [0, 0.1) is 0 Å². The van der Waals surface area contributed by atoms with Crippen molar-refractivity contribution in [2.75, 3.05) is 0 Å². The van der Waals surface area contributed by atoms with E-state index in [1.165, 1.54) is 22.3 Å². The number of hydrogen-bond acceptors (Lipinski definition) is 1. The quantitative estimate of drug-likeness (QED) is 0.669. The van der Waals surface area contributed by atoms with E-state index in [4.69, 9.17) is 5.73 Å². The molecule has 2 aromatic carbocycles. The van der Waals surface area contributed by atoms with Crippen molar-refractivity contribution < 1.29 is 0 Å². The summed E-state index contributed by atoms with van der Waals surface area (Å²) in [7, 11) is 2.76. The fourth-order valence-corrected chi connectivity index (χ4v) is 2.81. The molecule has 1 nitrogen and oxygen atoms in total. The van der Waals surface area contributed by atoms with E-state index in [0.29, 0.717) is 0 Å². The van der Waals surface area contributed by atoms with Gasteiger partial charge in [-0.15, -0.1) is 9.24 Å². The van der Waals surface area contributed by atoms with Gasteiger partial charge in [0, 0.05) is 0 Å². The summed E-state index contributed by atoms with van der Waals surface area (Å²) in [5.41, 5.74) is 11.3. The summed E-state index contributed by atoms with van der Waals surface area (Å²) in [5.74, 6) is 0. The van der Waals surface area contributed by atoms with Crippen LogP contribution in [0.3, 0.4) is 0 Å². The minimum Gasteiger partial charge on any atom is -0.315 e. The predicted octanol–water partition coefficient (Wildman–Crippen LogP) is 2.70. The molecule has 3 rings (SSSR count). The highest BCUT2D eigenvalue weighted by molar-refractivity contribution is 7.19. The number of benzene rings is 2. The van der Waals surface area contributed by atoms with Gasteiger partial charge in [0.2, 0.25) is 0 Å². The first kappa shape index (κ1) is 9.08. The van der Waals surface area contributed by atoms with Crippen LogP contribution in [0.15, 0.2) is 48.5 Å². The molecule has 0 heterocycles. The van der Waals surface area contributed by atoms with Gasteiger partial charge in [0.1, 0.15) is 0 Å². The molecule has 0 aromatic heterocycles. The molecule has 1 unspecified atom stereocenters. The van der Waals surface area contributed by atoms with Crippen molar-refractivity contribution >= 4 is 9.24 Å². The Morgan fingerprint density at radius 1 is 0.800 bits per heavy atom. The van der Waals surface area contributed by atoms with E-state index in [9.17, 15) is 0 Å². The molecular formula is C13H12NP. The minimum absolute atomic E-state index is 0.423. The second-order valence-corrected chi connectivity index (χ2v) is 4.87. The first-order chi connectivity index (χ1) is 7.21. The summed E-state index contributed by atoms with van der Waals surface area (Å²) in [6, 6.07) is 16.7. The van der Waals surface area contributed by atoms with E-state index in [-0.39, 0.29) is 0 Å². The highest BCUT2D eigenvalue weighted by atomic mass is 31.0. The summed E-state index contributed by atoms with van der Waals surface area (Å²) in [5, 5.41) is -0.423. The lowest BCUT2D eigenvalue weighted by molar-refractivity contribution is 0.818. The van der Waals surface area contributed by atoms with Crippen LogP contribution in [-0.2, 0) is 5.28 Å². The third-order valence-electron chi connectivity index (χ3n) is 3.04. The Labute approximate surface area is 91.5 Å². The molecule has 2 aromatic rings. The molecule has 74 valence electrons. The first-order valence-electron chi connectivity index (χ1n) is 4.98. The minimum atomic E-state index is -0.423. The van der Waals surface area contributed by atoms with Crippen molar-refractivity contribution in [1.29, 1.82) is 0 Å². The maximum Gasteiger partial charge on any atom is 0.0816 e. The van der Waals surface area contributed by atoms with Crippen LogP contribution in [-0.4, -0.2) is 0 Å². The Kier molecular flexibility index (Phi) is 1.76. The maximum absolute atomic E-state index is 6.36. The molecule has 0 saturated carbocycles. The SMILES string of the molecule is NC1(P)c2ccccc2-c2ccccc21. The van der Waals surface area contributed by atoms with Crippen molar-refractivity contribution in [3.63, 3.8) is 0 Å². The molecule has 1 atom stereocenters. The summed E-state index contributed by atoms with van der Waals surface area (Å²) < 4.78 is 0. The van der Waals surface area contributed by atoms with Gasteiger partial charge in [-0.05, 0) is 22.3 Å². The van der Waals surface area contributed by atoms with Gasteiger partial charge >= 0.3 is 0 Å². The molecule has 0 radical (unpaired) electrons. The second-order valence-electron chi connectivity index (χ2n) is 3.96. The summed E-state index contributed by atoms with van der Waals surface area (Å²) in [6.45, 7) is 0. The molecule has 0 aliphatic heterocycles. The molecule has 0 spiro atoms. The zero-order chi connectivity index (χ0) is 10.5. The van der Waals surface area contributed by atoms with Gasteiger partial charge in [-0.3, -0.25) is 0 Å². The Hall–Kier alpha value is -1.17. The van der Waals surface area contributed by atoms with Gasteiger partial charge in [0.05, 0.1) is 5.28 Å². The number of fused-ring (bicyclic) bond motifs is 3. The third kappa shape index (κ3) is 1.11. The average Bonchev–Trinajstić information content (AvgIpc) is 2.51. The van der Waals surface area contributed by atoms with Crippen molar-refractivity contribution in [2.45, 2.75) is 5.28 Å². The Morgan fingerprint density at radius 2 is 1.20 bits per heavy atom. The van der Waals surface area contributed by atoms with E-state index >= 15 is 0 Å². The molecule has 1 aliphatic carbocycles. The van der Waals surface area contributed by atoms with E-state index in [1.807, 2.05) is 12.1 Å². The van der Waals surface area contributed by atoms with Crippen LogP contribution in [0.2, 0.25) is 0 Å². The van der Waals surface area contributed by atoms with Gasteiger partial charge in [0.15, 0.2) is 0 Å². The zero-order valence-electron chi connectivity index (χ0n) is 8.27. The van der Waals surface area contributed by atoms with Gasteiger partial charge in [0.25, 0.3) is 0 Å². The highest BCUT2D eigenvalue weighted by Crippen LogP contribution is 2.48. The molecular weight excluding hydrogens is 201 g/mol. The number of nitrogens with two attached hydrogens (primary N) is 1. The van der Waals surface area contributed by atoms with Crippen molar-refractivity contribution in [3.05, 3.63) is 59.7 Å². The lowest BCUT2D eigenvalue weighted by atomic mass is 10.1. The summed E-state index contributed by atoms with van der Waals surface area (Å²) >= 11 is 0. The standard InChI is InChI=1S/C13H12NP/c14-13(15)11-7-3-1-5-9(11)10-6-2-4-8-12(10)13/h1-8H,14-15H2. The smallest absolute Gasteiger partial charge is 0.0816 e. The van der Waals surface area contributed by atoms with E-state index in [2.05, 4.69) is 45.6 Å². The average molecular weight is 213 g/mol. The Balaban J connectivity index is 2.42. The molecule has 2 N–H and O–H groups in total. The van der Waals surface area contributed by atoms with E-state index < -0.39 is 5.28 Å².